The first-order valence-electron chi connectivity index (χ1n) is 3.83. The molecule has 6 heteroatoms. The van der Waals surface area contributed by atoms with Crippen LogP contribution in [0.15, 0.2) is 24.4 Å². The molecular weight excluding hydrogens is 181 g/mol. The molecule has 0 aliphatic heterocycles. The molecule has 0 atom stereocenters. The Kier molecular flexibility index (Phi) is 1.88. The molecule has 5 nitrogen and oxygen atoms in total. The average Bonchev–Trinajstić information content (AvgIpc) is 2.16. The van der Waals surface area contributed by atoms with Crippen LogP contribution in [0.5, 0.6) is 0 Å². The van der Waals surface area contributed by atoms with Gasteiger partial charge >= 0.3 is 0 Å². The molecule has 2 radical (unpaired) electrons. The van der Waals surface area contributed by atoms with Gasteiger partial charge in [0.2, 0.25) is 0 Å². The van der Waals surface area contributed by atoms with Gasteiger partial charge in [0.05, 0.1) is 16.0 Å². The van der Waals surface area contributed by atoms with E-state index in [1.54, 1.807) is 6.07 Å². The van der Waals surface area contributed by atoms with Crippen molar-refractivity contribution in [3.05, 3.63) is 34.5 Å². The third-order valence-corrected chi connectivity index (χ3v) is 1.76. The highest BCUT2D eigenvalue weighted by molar-refractivity contribution is 6.30. The lowest BCUT2D eigenvalue weighted by molar-refractivity contribution is -0.384. The van der Waals surface area contributed by atoms with Crippen molar-refractivity contribution < 1.29 is 4.92 Å². The van der Waals surface area contributed by atoms with Crippen LogP contribution in [0.25, 0.3) is 11.0 Å². The first-order chi connectivity index (χ1) is 6.66. The van der Waals surface area contributed by atoms with Crippen molar-refractivity contribution in [1.29, 1.82) is 0 Å². The fourth-order valence-electron chi connectivity index (χ4n) is 1.13. The minimum Gasteiger partial charge on any atom is -0.261 e. The summed E-state index contributed by atoms with van der Waals surface area (Å²) in [6.45, 7) is 0. The maximum Gasteiger partial charge on any atom is 0.271 e. The van der Waals surface area contributed by atoms with E-state index in [0.29, 0.717) is 11.0 Å². The number of nitrogens with zero attached hydrogens (tertiary/aromatic N) is 3. The summed E-state index contributed by atoms with van der Waals surface area (Å²) in [6.07, 6.45) is 1.41. The molecule has 0 bridgehead atoms. The van der Waals surface area contributed by atoms with E-state index in [2.05, 4.69) is 9.97 Å². The average molecular weight is 185 g/mol. The Balaban J connectivity index is 2.69. The number of hydrogen-bond acceptors (Lipinski definition) is 4. The Morgan fingerprint density at radius 1 is 1.36 bits per heavy atom. The van der Waals surface area contributed by atoms with Crippen molar-refractivity contribution in [3.8, 4) is 0 Å². The topological polar surface area (TPSA) is 68.9 Å². The summed E-state index contributed by atoms with van der Waals surface area (Å²) in [5, 5.41) is 10.5. The van der Waals surface area contributed by atoms with Gasteiger partial charge in [-0.2, -0.15) is 0 Å². The van der Waals surface area contributed by atoms with Crippen LogP contribution in [0.2, 0.25) is 0 Å². The zero-order chi connectivity index (χ0) is 10.1. The Bertz CT molecular complexity index is 515. The highest BCUT2D eigenvalue weighted by atomic mass is 16.6. The largest absolute Gasteiger partial charge is 0.271 e. The quantitative estimate of drug-likeness (QED) is 0.364. The van der Waals surface area contributed by atoms with Crippen LogP contribution in [0.1, 0.15) is 0 Å². The van der Waals surface area contributed by atoms with Crippen LogP contribution < -0.4 is 5.59 Å². The minimum absolute atomic E-state index is 0.0163. The van der Waals surface area contributed by atoms with Crippen molar-refractivity contribution in [2.75, 3.05) is 0 Å². The van der Waals surface area contributed by atoms with Gasteiger partial charge in [0, 0.05) is 23.9 Å². The molecule has 2 rings (SSSR count). The van der Waals surface area contributed by atoms with E-state index in [1.807, 2.05) is 0 Å². The summed E-state index contributed by atoms with van der Waals surface area (Å²) in [4.78, 5) is 17.9. The monoisotopic (exact) mass is 185 g/mol. The third-order valence-electron chi connectivity index (χ3n) is 1.76. The van der Waals surface area contributed by atoms with Gasteiger partial charge in [-0.05, 0) is 6.07 Å². The summed E-state index contributed by atoms with van der Waals surface area (Å²) in [6, 6.07) is 4.27. The number of nitro groups is 1. The molecule has 1 heterocycles. The fourth-order valence-corrected chi connectivity index (χ4v) is 1.13. The van der Waals surface area contributed by atoms with Crippen molar-refractivity contribution in [3.63, 3.8) is 0 Å². The van der Waals surface area contributed by atoms with Crippen LogP contribution >= 0.6 is 0 Å². The second-order valence-corrected chi connectivity index (χ2v) is 2.72. The first-order valence-corrected chi connectivity index (χ1v) is 3.83. The van der Waals surface area contributed by atoms with Crippen molar-refractivity contribution in [1.82, 2.24) is 9.97 Å². The second kappa shape index (κ2) is 3.06. The maximum absolute atomic E-state index is 10.5. The van der Waals surface area contributed by atoms with Gasteiger partial charge in [0.25, 0.3) is 5.69 Å². The van der Waals surface area contributed by atoms with Crippen LogP contribution in [0, 0.1) is 10.1 Å². The van der Waals surface area contributed by atoms with Crippen LogP contribution in [0.4, 0.5) is 5.69 Å². The van der Waals surface area contributed by atoms with Gasteiger partial charge in [-0.15, -0.1) is 0 Å². The number of hydrogen-bond donors (Lipinski definition) is 0. The molecular formula is C8H4BN3O2. The SMILES string of the molecule is [B]c1cnc2ccc([N+](=O)[O-])cc2n1. The predicted molar refractivity (Wildman–Crippen MR) is 51.6 cm³/mol. The Labute approximate surface area is 80.4 Å². The molecule has 1 aromatic heterocycles. The normalized spacial score (nSPS) is 10.3. The maximum atomic E-state index is 10.5. The lowest BCUT2D eigenvalue weighted by atomic mass is 10.1. The number of fused-ring (bicyclic) bond motifs is 1. The van der Waals surface area contributed by atoms with Gasteiger partial charge in [-0.25, -0.2) is 0 Å². The molecule has 0 saturated heterocycles. The Hall–Kier alpha value is -1.98. The number of nitro benzene ring substituents is 1. The molecule has 0 N–H and O–H groups in total. The molecule has 0 unspecified atom stereocenters. The highest BCUT2D eigenvalue weighted by Crippen LogP contribution is 2.15. The lowest BCUT2D eigenvalue weighted by Gasteiger charge is -1.97. The second-order valence-electron chi connectivity index (χ2n) is 2.72. The number of benzene rings is 1. The molecule has 1 aromatic carbocycles. The van der Waals surface area contributed by atoms with Crippen molar-refractivity contribution in [2.24, 2.45) is 0 Å². The van der Waals surface area contributed by atoms with E-state index < -0.39 is 4.92 Å². The molecule has 0 amide bonds. The molecule has 0 spiro atoms. The Morgan fingerprint density at radius 3 is 2.86 bits per heavy atom. The summed E-state index contributed by atoms with van der Waals surface area (Å²) in [5.41, 5.74) is 1.25. The van der Waals surface area contributed by atoms with Gasteiger partial charge < -0.3 is 0 Å². The molecule has 0 aliphatic rings. The summed E-state index contributed by atoms with van der Waals surface area (Å²) in [7, 11) is 5.41. The number of non-ortho nitro benzene ring substituents is 1. The lowest BCUT2D eigenvalue weighted by Crippen LogP contribution is -2.08. The van der Waals surface area contributed by atoms with Crippen LogP contribution in [-0.4, -0.2) is 22.7 Å². The fraction of sp³-hybridized carbons (Fsp3) is 0. The Morgan fingerprint density at radius 2 is 2.14 bits per heavy atom. The van der Waals surface area contributed by atoms with E-state index in [1.165, 1.54) is 18.3 Å². The van der Waals surface area contributed by atoms with E-state index in [-0.39, 0.29) is 11.3 Å². The zero-order valence-corrected chi connectivity index (χ0v) is 7.04. The smallest absolute Gasteiger partial charge is 0.261 e. The van der Waals surface area contributed by atoms with E-state index in [0.717, 1.165) is 0 Å². The number of rotatable bonds is 1. The molecule has 0 aliphatic carbocycles. The predicted octanol–water partition coefficient (Wildman–Crippen LogP) is 0.332. The van der Waals surface area contributed by atoms with Gasteiger partial charge in [0.15, 0.2) is 0 Å². The van der Waals surface area contributed by atoms with E-state index in [9.17, 15) is 10.1 Å². The summed E-state index contributed by atoms with van der Waals surface area (Å²) in [5.74, 6) is 0. The highest BCUT2D eigenvalue weighted by Gasteiger charge is 2.06. The third kappa shape index (κ3) is 1.41. The van der Waals surface area contributed by atoms with Crippen molar-refractivity contribution >= 4 is 30.2 Å². The van der Waals surface area contributed by atoms with Crippen LogP contribution in [0.3, 0.4) is 0 Å². The van der Waals surface area contributed by atoms with Gasteiger partial charge in [-0.3, -0.25) is 20.1 Å². The molecule has 0 fully saturated rings. The van der Waals surface area contributed by atoms with Gasteiger partial charge in [0.1, 0.15) is 7.85 Å². The van der Waals surface area contributed by atoms with Crippen molar-refractivity contribution in [2.45, 2.75) is 0 Å². The number of aromatic nitrogens is 2. The molecule has 66 valence electrons. The van der Waals surface area contributed by atoms with E-state index >= 15 is 0 Å². The molecule has 0 saturated carbocycles. The minimum atomic E-state index is -0.482. The zero-order valence-electron chi connectivity index (χ0n) is 7.04. The molecule has 2 aromatic rings. The van der Waals surface area contributed by atoms with Gasteiger partial charge in [-0.1, -0.05) is 0 Å². The summed E-state index contributed by atoms with van der Waals surface area (Å²) >= 11 is 0. The molecule has 14 heavy (non-hydrogen) atoms. The first kappa shape index (κ1) is 8.62. The summed E-state index contributed by atoms with van der Waals surface area (Å²) < 4.78 is 0. The van der Waals surface area contributed by atoms with Crippen LogP contribution in [-0.2, 0) is 0 Å². The van der Waals surface area contributed by atoms with E-state index in [4.69, 9.17) is 7.85 Å². The standard InChI is InChI=1S/C8H4BN3O2/c9-8-4-10-6-2-1-5(12(13)14)3-7(6)11-8/h1-4H.